The molecule has 1 aromatic rings. The standard InChI is InChI=1S/C13H20N4O/c18-13-12(15-6-7-16-13)17(8-10-3-4-10)9-11-2-1-5-14-11/h6-7,10-11,14H,1-5,8-9H2,(H,16,18). The van der Waals surface area contributed by atoms with E-state index in [1.807, 2.05) is 0 Å². The number of H-pyrrole nitrogens is 1. The topological polar surface area (TPSA) is 61.0 Å². The first-order chi connectivity index (χ1) is 8.83. The lowest BCUT2D eigenvalue weighted by Crippen LogP contribution is -2.41. The van der Waals surface area contributed by atoms with Crippen molar-refractivity contribution >= 4 is 5.82 Å². The molecule has 5 nitrogen and oxygen atoms in total. The molecular weight excluding hydrogens is 228 g/mol. The number of rotatable bonds is 5. The maximum absolute atomic E-state index is 11.9. The van der Waals surface area contributed by atoms with E-state index in [4.69, 9.17) is 0 Å². The first-order valence-electron chi connectivity index (χ1n) is 6.85. The minimum Gasteiger partial charge on any atom is -0.350 e. The second-order valence-electron chi connectivity index (χ2n) is 5.38. The van der Waals surface area contributed by atoms with Gasteiger partial charge in [0.1, 0.15) is 0 Å². The van der Waals surface area contributed by atoms with E-state index in [0.717, 1.165) is 25.6 Å². The lowest BCUT2D eigenvalue weighted by Gasteiger charge is -2.26. The minimum atomic E-state index is -0.0730. The molecule has 1 aliphatic carbocycles. The van der Waals surface area contributed by atoms with Gasteiger partial charge in [0.25, 0.3) is 5.56 Å². The first-order valence-corrected chi connectivity index (χ1v) is 6.85. The molecule has 98 valence electrons. The Morgan fingerprint density at radius 2 is 2.22 bits per heavy atom. The molecule has 1 unspecified atom stereocenters. The lowest BCUT2D eigenvalue weighted by atomic mass is 10.2. The highest BCUT2D eigenvalue weighted by Crippen LogP contribution is 2.30. The zero-order chi connectivity index (χ0) is 12.4. The molecule has 18 heavy (non-hydrogen) atoms. The summed E-state index contributed by atoms with van der Waals surface area (Å²) >= 11 is 0. The van der Waals surface area contributed by atoms with Crippen molar-refractivity contribution in [3.63, 3.8) is 0 Å². The Kier molecular flexibility index (Phi) is 3.32. The van der Waals surface area contributed by atoms with E-state index in [2.05, 4.69) is 20.2 Å². The largest absolute Gasteiger partial charge is 0.350 e. The molecule has 2 N–H and O–H groups in total. The highest BCUT2D eigenvalue weighted by Gasteiger charge is 2.28. The van der Waals surface area contributed by atoms with Gasteiger partial charge in [-0.15, -0.1) is 0 Å². The van der Waals surface area contributed by atoms with Crippen molar-refractivity contribution in [2.24, 2.45) is 5.92 Å². The second kappa shape index (κ2) is 5.10. The van der Waals surface area contributed by atoms with Crippen molar-refractivity contribution in [2.45, 2.75) is 31.7 Å². The summed E-state index contributed by atoms with van der Waals surface area (Å²) in [5, 5.41) is 3.49. The monoisotopic (exact) mass is 248 g/mol. The summed E-state index contributed by atoms with van der Waals surface area (Å²) in [6.07, 6.45) is 8.28. The molecule has 0 amide bonds. The highest BCUT2D eigenvalue weighted by atomic mass is 16.1. The third-order valence-electron chi connectivity index (χ3n) is 3.77. The number of hydrogen-bond donors (Lipinski definition) is 2. The Labute approximate surface area is 107 Å². The van der Waals surface area contributed by atoms with E-state index in [-0.39, 0.29) is 5.56 Å². The molecule has 1 atom stereocenters. The maximum atomic E-state index is 11.9. The summed E-state index contributed by atoms with van der Waals surface area (Å²) < 4.78 is 0. The maximum Gasteiger partial charge on any atom is 0.290 e. The Morgan fingerprint density at radius 1 is 1.33 bits per heavy atom. The van der Waals surface area contributed by atoms with Gasteiger partial charge in [0.05, 0.1) is 0 Å². The summed E-state index contributed by atoms with van der Waals surface area (Å²) in [7, 11) is 0. The third-order valence-corrected chi connectivity index (χ3v) is 3.77. The van der Waals surface area contributed by atoms with Gasteiger partial charge in [-0.3, -0.25) is 4.79 Å². The number of hydrogen-bond acceptors (Lipinski definition) is 4. The van der Waals surface area contributed by atoms with Gasteiger partial charge in [0, 0.05) is 31.5 Å². The van der Waals surface area contributed by atoms with Crippen LogP contribution in [0.1, 0.15) is 25.7 Å². The van der Waals surface area contributed by atoms with Crippen molar-refractivity contribution in [2.75, 3.05) is 24.5 Å². The van der Waals surface area contributed by atoms with E-state index >= 15 is 0 Å². The number of anilines is 1. The number of aromatic amines is 1. The zero-order valence-corrected chi connectivity index (χ0v) is 10.6. The van der Waals surface area contributed by atoms with Crippen molar-refractivity contribution < 1.29 is 0 Å². The number of nitrogens with zero attached hydrogens (tertiary/aromatic N) is 2. The highest BCUT2D eigenvalue weighted by molar-refractivity contribution is 5.36. The van der Waals surface area contributed by atoms with Crippen LogP contribution in [0.4, 0.5) is 5.82 Å². The van der Waals surface area contributed by atoms with Gasteiger partial charge in [-0.1, -0.05) is 0 Å². The molecule has 1 aliphatic heterocycles. The van der Waals surface area contributed by atoms with Gasteiger partial charge >= 0.3 is 0 Å². The van der Waals surface area contributed by atoms with Gasteiger partial charge < -0.3 is 15.2 Å². The quantitative estimate of drug-likeness (QED) is 0.807. The number of nitrogens with one attached hydrogen (secondary N) is 2. The molecule has 1 saturated carbocycles. The fourth-order valence-electron chi connectivity index (χ4n) is 2.61. The van der Waals surface area contributed by atoms with Crippen LogP contribution in [0, 0.1) is 5.92 Å². The predicted molar refractivity (Wildman–Crippen MR) is 70.8 cm³/mol. The van der Waals surface area contributed by atoms with Crippen LogP contribution < -0.4 is 15.8 Å². The van der Waals surface area contributed by atoms with Gasteiger partial charge in [-0.2, -0.15) is 0 Å². The summed E-state index contributed by atoms with van der Waals surface area (Å²) in [4.78, 5) is 21.0. The van der Waals surface area contributed by atoms with E-state index in [1.54, 1.807) is 12.4 Å². The second-order valence-corrected chi connectivity index (χ2v) is 5.38. The van der Waals surface area contributed by atoms with Crippen LogP contribution in [0.3, 0.4) is 0 Å². The van der Waals surface area contributed by atoms with Gasteiger partial charge in [0.2, 0.25) is 0 Å². The average molecular weight is 248 g/mol. The third kappa shape index (κ3) is 2.72. The van der Waals surface area contributed by atoms with E-state index in [9.17, 15) is 4.79 Å². The average Bonchev–Trinajstić information content (AvgIpc) is 3.03. The number of aromatic nitrogens is 2. The molecule has 3 rings (SSSR count). The Morgan fingerprint density at radius 3 is 2.89 bits per heavy atom. The van der Waals surface area contributed by atoms with Crippen LogP contribution in [-0.2, 0) is 0 Å². The molecular formula is C13H20N4O. The summed E-state index contributed by atoms with van der Waals surface area (Å²) in [6.45, 7) is 2.97. The molecule has 0 bridgehead atoms. The van der Waals surface area contributed by atoms with E-state index in [0.29, 0.717) is 11.9 Å². The smallest absolute Gasteiger partial charge is 0.290 e. The van der Waals surface area contributed by atoms with Crippen LogP contribution >= 0.6 is 0 Å². The van der Waals surface area contributed by atoms with Gasteiger partial charge in [-0.25, -0.2) is 4.98 Å². The molecule has 2 aliphatic rings. The van der Waals surface area contributed by atoms with Crippen molar-refractivity contribution in [3.8, 4) is 0 Å². The molecule has 0 aromatic carbocycles. The lowest BCUT2D eigenvalue weighted by molar-refractivity contribution is 0.565. The molecule has 2 fully saturated rings. The fraction of sp³-hybridized carbons (Fsp3) is 0.692. The minimum absolute atomic E-state index is 0.0730. The molecule has 1 saturated heterocycles. The SMILES string of the molecule is O=c1[nH]ccnc1N(CC1CC1)CC1CCCN1. The van der Waals surface area contributed by atoms with Crippen molar-refractivity contribution in [3.05, 3.63) is 22.7 Å². The Bertz CT molecular complexity index is 448. The molecule has 2 heterocycles. The Balaban J connectivity index is 1.75. The predicted octanol–water partition coefficient (Wildman–Crippen LogP) is 0.738. The fourth-order valence-corrected chi connectivity index (χ4v) is 2.61. The van der Waals surface area contributed by atoms with Crippen LogP contribution in [0.2, 0.25) is 0 Å². The Hall–Kier alpha value is -1.36. The van der Waals surface area contributed by atoms with Crippen LogP contribution in [-0.4, -0.2) is 35.6 Å². The van der Waals surface area contributed by atoms with Crippen molar-refractivity contribution in [1.29, 1.82) is 0 Å². The zero-order valence-electron chi connectivity index (χ0n) is 10.6. The molecule has 0 spiro atoms. The van der Waals surface area contributed by atoms with E-state index in [1.165, 1.54) is 25.7 Å². The van der Waals surface area contributed by atoms with E-state index < -0.39 is 0 Å². The van der Waals surface area contributed by atoms with Crippen LogP contribution in [0.25, 0.3) is 0 Å². The van der Waals surface area contributed by atoms with Gasteiger partial charge in [-0.05, 0) is 38.1 Å². The molecule has 0 radical (unpaired) electrons. The summed E-state index contributed by atoms with van der Waals surface area (Å²) in [5.74, 6) is 1.34. The first kappa shape index (κ1) is 11.7. The summed E-state index contributed by atoms with van der Waals surface area (Å²) in [5.41, 5.74) is -0.0730. The van der Waals surface area contributed by atoms with Crippen molar-refractivity contribution in [1.82, 2.24) is 15.3 Å². The normalized spacial score (nSPS) is 23.2. The molecule has 5 heteroatoms. The van der Waals surface area contributed by atoms with Crippen LogP contribution in [0.5, 0.6) is 0 Å². The van der Waals surface area contributed by atoms with Crippen LogP contribution in [0.15, 0.2) is 17.2 Å². The summed E-state index contributed by atoms with van der Waals surface area (Å²) in [6, 6.07) is 0.505. The molecule has 1 aromatic heterocycles. The van der Waals surface area contributed by atoms with Gasteiger partial charge in [0.15, 0.2) is 5.82 Å².